The van der Waals surface area contributed by atoms with Crippen LogP contribution in [0.1, 0.15) is 11.3 Å². The monoisotopic (exact) mass is 349 g/mol. The van der Waals surface area contributed by atoms with Crippen LogP contribution in [-0.2, 0) is 13.6 Å². The van der Waals surface area contributed by atoms with Gasteiger partial charge < -0.3 is 4.90 Å². The van der Waals surface area contributed by atoms with Gasteiger partial charge in [-0.25, -0.2) is 9.97 Å². The Hall–Kier alpha value is -2.80. The molecule has 0 atom stereocenters. The third-order valence-electron chi connectivity index (χ3n) is 4.72. The lowest BCUT2D eigenvalue weighted by atomic mass is 10.2. The molecule has 0 N–H and O–H groups in total. The van der Waals surface area contributed by atoms with E-state index in [2.05, 4.69) is 30.9 Å². The predicted molar refractivity (Wildman–Crippen MR) is 101 cm³/mol. The van der Waals surface area contributed by atoms with Crippen LogP contribution in [0.5, 0.6) is 0 Å². The molecule has 0 aromatic carbocycles. The highest BCUT2D eigenvalue weighted by Gasteiger charge is 2.20. The normalized spacial score (nSPS) is 15.4. The molecule has 0 aliphatic carbocycles. The molecule has 0 bridgehead atoms. The highest BCUT2D eigenvalue weighted by molar-refractivity contribution is 5.61. The van der Waals surface area contributed by atoms with Crippen molar-refractivity contribution < 1.29 is 0 Å². The van der Waals surface area contributed by atoms with E-state index in [0.29, 0.717) is 0 Å². The molecule has 3 aromatic heterocycles. The molecule has 134 valence electrons. The Bertz CT molecular complexity index is 867. The standard InChI is InChI=1S/C19H23N7/c1-15-17(14-24(2)23-15)18-5-7-21-19(22-18)26-10-8-25(9-11-26)13-16-4-3-6-20-12-16/h3-7,12,14H,8-11,13H2,1-2H3. The van der Waals surface area contributed by atoms with Crippen LogP contribution >= 0.6 is 0 Å². The molecular formula is C19H23N7. The first-order valence-electron chi connectivity index (χ1n) is 8.89. The highest BCUT2D eigenvalue weighted by Crippen LogP contribution is 2.22. The Morgan fingerprint density at radius 2 is 1.92 bits per heavy atom. The van der Waals surface area contributed by atoms with E-state index in [-0.39, 0.29) is 0 Å². The Labute approximate surface area is 153 Å². The zero-order valence-corrected chi connectivity index (χ0v) is 15.2. The van der Waals surface area contributed by atoms with E-state index in [1.807, 2.05) is 55.6 Å². The average molecular weight is 349 g/mol. The van der Waals surface area contributed by atoms with Crippen molar-refractivity contribution >= 4 is 5.95 Å². The smallest absolute Gasteiger partial charge is 0.225 e. The zero-order valence-electron chi connectivity index (χ0n) is 15.2. The first-order chi connectivity index (χ1) is 12.7. The van der Waals surface area contributed by atoms with Gasteiger partial charge in [0.1, 0.15) is 0 Å². The first kappa shape index (κ1) is 16.7. The molecule has 7 heteroatoms. The van der Waals surface area contributed by atoms with Crippen LogP contribution in [0.4, 0.5) is 5.95 Å². The van der Waals surface area contributed by atoms with Crippen molar-refractivity contribution in [2.24, 2.45) is 7.05 Å². The number of piperazine rings is 1. The summed E-state index contributed by atoms with van der Waals surface area (Å²) < 4.78 is 1.82. The van der Waals surface area contributed by atoms with Gasteiger partial charge in [-0.2, -0.15) is 5.10 Å². The molecule has 0 saturated carbocycles. The van der Waals surface area contributed by atoms with Gasteiger partial charge in [0.2, 0.25) is 5.95 Å². The highest BCUT2D eigenvalue weighted by atomic mass is 15.3. The Kier molecular flexibility index (Phi) is 4.62. The fourth-order valence-electron chi connectivity index (χ4n) is 3.36. The van der Waals surface area contributed by atoms with Gasteiger partial charge in [-0.15, -0.1) is 0 Å². The number of hydrogen-bond acceptors (Lipinski definition) is 6. The van der Waals surface area contributed by atoms with Crippen molar-refractivity contribution in [3.63, 3.8) is 0 Å². The lowest BCUT2D eigenvalue weighted by molar-refractivity contribution is 0.248. The topological polar surface area (TPSA) is 63.0 Å². The molecule has 0 spiro atoms. The summed E-state index contributed by atoms with van der Waals surface area (Å²) in [7, 11) is 1.93. The second-order valence-corrected chi connectivity index (χ2v) is 6.67. The summed E-state index contributed by atoms with van der Waals surface area (Å²) in [6.45, 7) is 6.79. The van der Waals surface area contributed by atoms with Crippen LogP contribution in [-0.4, -0.2) is 55.8 Å². The van der Waals surface area contributed by atoms with Crippen LogP contribution in [0.3, 0.4) is 0 Å². The third kappa shape index (κ3) is 3.57. The summed E-state index contributed by atoms with van der Waals surface area (Å²) in [6, 6.07) is 6.07. The minimum Gasteiger partial charge on any atom is -0.338 e. The van der Waals surface area contributed by atoms with Gasteiger partial charge in [-0.3, -0.25) is 14.6 Å². The van der Waals surface area contributed by atoms with Gasteiger partial charge in [-0.05, 0) is 24.6 Å². The predicted octanol–water partition coefficient (Wildman–Crippen LogP) is 1.90. The first-order valence-corrected chi connectivity index (χ1v) is 8.89. The van der Waals surface area contributed by atoms with Crippen LogP contribution in [0.2, 0.25) is 0 Å². The van der Waals surface area contributed by atoms with Crippen LogP contribution in [0, 0.1) is 6.92 Å². The fourth-order valence-corrected chi connectivity index (χ4v) is 3.36. The third-order valence-corrected chi connectivity index (χ3v) is 4.72. The summed E-state index contributed by atoms with van der Waals surface area (Å²) in [5.41, 5.74) is 4.23. The van der Waals surface area contributed by atoms with Crippen molar-refractivity contribution in [1.29, 1.82) is 0 Å². The molecule has 3 aromatic rings. The van der Waals surface area contributed by atoms with E-state index in [1.165, 1.54) is 5.56 Å². The molecule has 0 unspecified atom stereocenters. The maximum absolute atomic E-state index is 4.78. The molecule has 1 aliphatic rings. The average Bonchev–Trinajstić information content (AvgIpc) is 3.01. The number of rotatable bonds is 4. The van der Waals surface area contributed by atoms with Gasteiger partial charge in [0.05, 0.1) is 11.4 Å². The molecule has 26 heavy (non-hydrogen) atoms. The SMILES string of the molecule is Cc1nn(C)cc1-c1ccnc(N2CCN(Cc3cccnc3)CC2)n1. The number of hydrogen-bond donors (Lipinski definition) is 0. The number of aromatic nitrogens is 5. The molecule has 0 amide bonds. The second kappa shape index (κ2) is 7.21. The molecule has 7 nitrogen and oxygen atoms in total. The molecule has 1 saturated heterocycles. The van der Waals surface area contributed by atoms with E-state index in [1.54, 1.807) is 0 Å². The van der Waals surface area contributed by atoms with E-state index in [9.17, 15) is 0 Å². The van der Waals surface area contributed by atoms with Gasteiger partial charge in [0.25, 0.3) is 0 Å². The molecular weight excluding hydrogens is 326 g/mol. The van der Waals surface area contributed by atoms with Crippen molar-refractivity contribution in [2.45, 2.75) is 13.5 Å². The molecule has 4 rings (SSSR count). The van der Waals surface area contributed by atoms with Crippen molar-refractivity contribution in [3.05, 3.63) is 54.2 Å². The number of nitrogens with zero attached hydrogens (tertiary/aromatic N) is 7. The van der Waals surface area contributed by atoms with Gasteiger partial charge in [0, 0.05) is 70.1 Å². The summed E-state index contributed by atoms with van der Waals surface area (Å²) in [5, 5.41) is 4.41. The van der Waals surface area contributed by atoms with Crippen molar-refractivity contribution in [3.8, 4) is 11.3 Å². The molecule has 1 aliphatic heterocycles. The number of aryl methyl sites for hydroxylation is 2. The largest absolute Gasteiger partial charge is 0.338 e. The lowest BCUT2D eigenvalue weighted by Gasteiger charge is -2.34. The summed E-state index contributed by atoms with van der Waals surface area (Å²) in [6.07, 6.45) is 7.60. The van der Waals surface area contributed by atoms with Crippen LogP contribution < -0.4 is 4.90 Å². The summed E-state index contributed by atoms with van der Waals surface area (Å²) in [4.78, 5) is 18.2. The van der Waals surface area contributed by atoms with Gasteiger partial charge >= 0.3 is 0 Å². The zero-order chi connectivity index (χ0) is 17.9. The summed E-state index contributed by atoms with van der Waals surface area (Å²) in [5.74, 6) is 0.798. The van der Waals surface area contributed by atoms with E-state index < -0.39 is 0 Å². The Morgan fingerprint density at radius 1 is 1.08 bits per heavy atom. The van der Waals surface area contributed by atoms with E-state index in [4.69, 9.17) is 4.98 Å². The second-order valence-electron chi connectivity index (χ2n) is 6.67. The van der Waals surface area contributed by atoms with E-state index in [0.717, 1.165) is 55.6 Å². The van der Waals surface area contributed by atoms with Gasteiger partial charge in [0.15, 0.2) is 0 Å². The molecule has 0 radical (unpaired) electrons. The molecule has 1 fully saturated rings. The van der Waals surface area contributed by atoms with Crippen LogP contribution in [0.25, 0.3) is 11.3 Å². The number of pyridine rings is 1. The minimum atomic E-state index is 0.798. The minimum absolute atomic E-state index is 0.798. The van der Waals surface area contributed by atoms with Gasteiger partial charge in [-0.1, -0.05) is 6.07 Å². The Morgan fingerprint density at radius 3 is 2.62 bits per heavy atom. The maximum Gasteiger partial charge on any atom is 0.225 e. The van der Waals surface area contributed by atoms with Crippen molar-refractivity contribution in [1.82, 2.24) is 29.6 Å². The van der Waals surface area contributed by atoms with Crippen molar-refractivity contribution in [2.75, 3.05) is 31.1 Å². The maximum atomic E-state index is 4.78. The van der Waals surface area contributed by atoms with E-state index >= 15 is 0 Å². The Balaban J connectivity index is 1.43. The number of anilines is 1. The quantitative estimate of drug-likeness (QED) is 0.717. The fraction of sp³-hybridized carbons (Fsp3) is 0.368. The lowest BCUT2D eigenvalue weighted by Crippen LogP contribution is -2.46. The molecule has 4 heterocycles. The summed E-state index contributed by atoms with van der Waals surface area (Å²) >= 11 is 0. The van der Waals surface area contributed by atoms with Crippen LogP contribution in [0.15, 0.2) is 43.0 Å².